The van der Waals surface area contributed by atoms with Gasteiger partial charge in [0.1, 0.15) is 11.7 Å². The Morgan fingerprint density at radius 3 is 2.72 bits per heavy atom. The molecular formula is C21H23FN5OP. The molecule has 0 N–H and O–H groups in total. The van der Waals surface area contributed by atoms with E-state index in [1.165, 1.54) is 24.7 Å². The fourth-order valence-corrected chi connectivity index (χ4v) is 4.79. The number of carbonyl (C=O) groups excluding carboxylic acids is 1. The molecule has 6 nitrogen and oxygen atoms in total. The van der Waals surface area contributed by atoms with Crippen LogP contribution in [0.3, 0.4) is 0 Å². The van der Waals surface area contributed by atoms with Gasteiger partial charge in [-0.25, -0.2) is 13.9 Å². The van der Waals surface area contributed by atoms with Gasteiger partial charge in [-0.15, -0.1) is 0 Å². The van der Waals surface area contributed by atoms with E-state index in [4.69, 9.17) is 0 Å². The Morgan fingerprint density at radius 1 is 1.24 bits per heavy atom. The van der Waals surface area contributed by atoms with Crippen molar-refractivity contribution >= 4 is 20.9 Å². The van der Waals surface area contributed by atoms with Crippen LogP contribution in [0.1, 0.15) is 58.4 Å². The van der Waals surface area contributed by atoms with E-state index in [1.807, 2.05) is 37.3 Å². The fourth-order valence-electron chi connectivity index (χ4n) is 4.29. The Balaban J connectivity index is 1.44. The normalized spacial score (nSPS) is 24.8. The van der Waals surface area contributed by atoms with Gasteiger partial charge in [0.15, 0.2) is 0 Å². The third-order valence-electron chi connectivity index (χ3n) is 5.80. The van der Waals surface area contributed by atoms with Crippen molar-refractivity contribution in [3.8, 4) is 0 Å². The number of hydrogen-bond donors (Lipinski definition) is 0. The van der Waals surface area contributed by atoms with E-state index in [9.17, 15) is 4.79 Å². The Hall–Kier alpha value is -2.40. The topological polar surface area (TPSA) is 63.4 Å². The lowest BCUT2D eigenvalue weighted by atomic mass is 9.92. The monoisotopic (exact) mass is 411 g/mol. The van der Waals surface area contributed by atoms with Crippen molar-refractivity contribution in [2.24, 2.45) is 0 Å². The highest BCUT2D eigenvalue weighted by molar-refractivity contribution is 7.18. The van der Waals surface area contributed by atoms with Crippen molar-refractivity contribution < 1.29 is 9.18 Å². The van der Waals surface area contributed by atoms with Gasteiger partial charge in [0.2, 0.25) is 0 Å². The maximum Gasteiger partial charge on any atom is 0.253 e. The van der Waals surface area contributed by atoms with Crippen LogP contribution in [0, 0.1) is 6.92 Å². The van der Waals surface area contributed by atoms with Crippen LogP contribution >= 0.6 is 9.24 Å². The molecule has 0 spiro atoms. The molecule has 2 aromatic heterocycles. The number of likely N-dealkylation sites (tertiary alicyclic amines) is 1. The zero-order valence-electron chi connectivity index (χ0n) is 16.3. The highest BCUT2D eigenvalue weighted by atomic mass is 31.0. The van der Waals surface area contributed by atoms with E-state index < -0.39 is 5.41 Å². The summed E-state index contributed by atoms with van der Waals surface area (Å²) in [5, 5.41) is 2.69. The standard InChI is InChI=1S/C21H23FN5OP/c1-13-8-18(27-20(25-13)23-12-24-27)17-9-21(22,29)11-26(10-17)19(28)16-6-4-15(5-7-16)14-2-3-14/h4-8,12,14,17H,2-3,9-11,29H2,1H3/t17-,21?/m0/s1. The summed E-state index contributed by atoms with van der Waals surface area (Å²) >= 11 is 0. The van der Waals surface area contributed by atoms with Crippen LogP contribution < -0.4 is 0 Å². The number of nitrogens with zero attached hydrogens (tertiary/aromatic N) is 5. The number of fused-ring (bicyclic) bond motifs is 1. The number of amides is 1. The largest absolute Gasteiger partial charge is 0.334 e. The first-order valence-electron chi connectivity index (χ1n) is 9.94. The lowest BCUT2D eigenvalue weighted by Crippen LogP contribution is -2.48. The second-order valence-corrected chi connectivity index (χ2v) is 9.35. The van der Waals surface area contributed by atoms with Crippen molar-refractivity contribution in [3.05, 3.63) is 59.2 Å². The van der Waals surface area contributed by atoms with Crippen molar-refractivity contribution in [1.29, 1.82) is 0 Å². The van der Waals surface area contributed by atoms with Crippen LogP contribution in [0.25, 0.3) is 5.78 Å². The first-order valence-corrected chi connectivity index (χ1v) is 10.5. The molecule has 1 amide bonds. The Bertz CT molecular complexity index is 1080. The minimum absolute atomic E-state index is 0.0575. The van der Waals surface area contributed by atoms with Crippen molar-refractivity contribution in [2.45, 2.75) is 43.4 Å². The molecule has 2 aliphatic rings. The molecule has 0 bridgehead atoms. The predicted octanol–water partition coefficient (Wildman–Crippen LogP) is 3.48. The summed E-state index contributed by atoms with van der Waals surface area (Å²) in [5.41, 5.74) is 3.52. The van der Waals surface area contributed by atoms with E-state index in [0.29, 0.717) is 30.2 Å². The first-order chi connectivity index (χ1) is 13.9. The maximum absolute atomic E-state index is 15.2. The number of aromatic nitrogens is 4. The molecule has 1 saturated heterocycles. The number of carbonyl (C=O) groups is 1. The second kappa shape index (κ2) is 6.84. The second-order valence-electron chi connectivity index (χ2n) is 8.31. The lowest BCUT2D eigenvalue weighted by molar-refractivity contribution is 0.0543. The van der Waals surface area contributed by atoms with Crippen LogP contribution in [0.15, 0.2) is 36.7 Å². The van der Waals surface area contributed by atoms with Gasteiger partial charge in [0, 0.05) is 23.7 Å². The molecule has 8 heteroatoms. The van der Waals surface area contributed by atoms with Crippen LogP contribution in [-0.2, 0) is 0 Å². The summed E-state index contributed by atoms with van der Waals surface area (Å²) in [5.74, 6) is 0.797. The van der Waals surface area contributed by atoms with Crippen LogP contribution in [0.2, 0.25) is 0 Å². The SMILES string of the molecule is Cc1cc([C@@H]2CN(C(=O)c3ccc(C4CC4)cc3)CC(F)(P)C2)n2ncnc2n1. The molecule has 1 saturated carbocycles. The van der Waals surface area contributed by atoms with Gasteiger partial charge >= 0.3 is 0 Å². The highest BCUT2D eigenvalue weighted by Crippen LogP contribution is 2.41. The highest BCUT2D eigenvalue weighted by Gasteiger charge is 2.40. The van der Waals surface area contributed by atoms with Gasteiger partial charge in [0.25, 0.3) is 11.7 Å². The van der Waals surface area contributed by atoms with E-state index >= 15 is 4.39 Å². The van der Waals surface area contributed by atoms with E-state index in [-0.39, 0.29) is 18.4 Å². The number of rotatable bonds is 3. The fraction of sp³-hybridized carbons (Fsp3) is 0.429. The molecule has 1 aliphatic carbocycles. The van der Waals surface area contributed by atoms with Gasteiger partial charge < -0.3 is 4.90 Å². The Labute approximate surface area is 170 Å². The van der Waals surface area contributed by atoms with Gasteiger partial charge in [-0.05, 0) is 55.9 Å². The molecule has 3 atom stereocenters. The zero-order valence-corrected chi connectivity index (χ0v) is 17.4. The third kappa shape index (κ3) is 3.64. The van der Waals surface area contributed by atoms with Crippen LogP contribution in [-0.4, -0.2) is 48.9 Å². The summed E-state index contributed by atoms with van der Waals surface area (Å²) < 4.78 is 16.9. The predicted molar refractivity (Wildman–Crippen MR) is 111 cm³/mol. The van der Waals surface area contributed by atoms with E-state index in [0.717, 1.165) is 11.4 Å². The first kappa shape index (κ1) is 18.6. The number of piperidine rings is 1. The summed E-state index contributed by atoms with van der Waals surface area (Å²) in [6.07, 6.45) is 4.18. The molecule has 5 rings (SSSR count). The quantitative estimate of drug-likeness (QED) is 0.619. The summed E-state index contributed by atoms with van der Waals surface area (Å²) in [6.45, 7) is 2.37. The van der Waals surface area contributed by atoms with E-state index in [2.05, 4.69) is 24.3 Å². The minimum Gasteiger partial charge on any atom is -0.334 e. The summed E-state index contributed by atoms with van der Waals surface area (Å²) in [6, 6.07) is 9.70. The van der Waals surface area contributed by atoms with Crippen LogP contribution in [0.4, 0.5) is 4.39 Å². The van der Waals surface area contributed by atoms with Crippen molar-refractivity contribution in [3.63, 3.8) is 0 Å². The smallest absolute Gasteiger partial charge is 0.253 e. The number of alkyl halides is 1. The zero-order chi connectivity index (χ0) is 20.2. The molecule has 0 radical (unpaired) electrons. The molecule has 3 heterocycles. The number of aryl methyl sites for hydroxylation is 1. The minimum atomic E-state index is -1.56. The summed E-state index contributed by atoms with van der Waals surface area (Å²) in [7, 11) is 2.30. The van der Waals surface area contributed by atoms with Gasteiger partial charge in [-0.1, -0.05) is 21.4 Å². The molecule has 2 fully saturated rings. The molecule has 1 aliphatic heterocycles. The lowest BCUT2D eigenvalue weighted by Gasteiger charge is -2.40. The molecule has 150 valence electrons. The van der Waals surface area contributed by atoms with Gasteiger partial charge in [-0.3, -0.25) is 4.79 Å². The molecule has 29 heavy (non-hydrogen) atoms. The van der Waals surface area contributed by atoms with E-state index in [1.54, 1.807) is 9.42 Å². The third-order valence-corrected chi connectivity index (χ3v) is 6.22. The summed E-state index contributed by atoms with van der Waals surface area (Å²) in [4.78, 5) is 23.3. The van der Waals surface area contributed by atoms with Crippen molar-refractivity contribution in [2.75, 3.05) is 13.1 Å². The van der Waals surface area contributed by atoms with Crippen molar-refractivity contribution in [1.82, 2.24) is 24.5 Å². The number of halogens is 1. The Kier molecular flexibility index (Phi) is 4.39. The van der Waals surface area contributed by atoms with Crippen LogP contribution in [0.5, 0.6) is 0 Å². The number of benzene rings is 1. The molecule has 2 unspecified atom stereocenters. The average Bonchev–Trinajstić information content (AvgIpc) is 3.43. The molecular weight excluding hydrogens is 388 g/mol. The average molecular weight is 411 g/mol. The number of hydrogen-bond acceptors (Lipinski definition) is 4. The molecule has 1 aromatic carbocycles. The molecule has 3 aromatic rings. The van der Waals surface area contributed by atoms with Gasteiger partial charge in [0.05, 0.1) is 12.2 Å². The maximum atomic E-state index is 15.2. The Morgan fingerprint density at radius 2 is 2.00 bits per heavy atom. The van der Waals surface area contributed by atoms with Gasteiger partial charge in [-0.2, -0.15) is 10.1 Å².